The summed E-state index contributed by atoms with van der Waals surface area (Å²) in [6.07, 6.45) is 8.04. The fourth-order valence-electron chi connectivity index (χ4n) is 3.10. The Hall–Kier alpha value is -1.40. The van der Waals surface area contributed by atoms with E-state index in [0.29, 0.717) is 12.5 Å². The van der Waals surface area contributed by atoms with Crippen molar-refractivity contribution in [2.24, 2.45) is 0 Å². The fourth-order valence-corrected chi connectivity index (χ4v) is 3.10. The molecule has 1 amide bonds. The van der Waals surface area contributed by atoms with Crippen molar-refractivity contribution in [1.82, 2.24) is 24.3 Å². The lowest BCUT2D eigenvalue weighted by atomic mass is 10.3. The Morgan fingerprint density at radius 1 is 0.952 bits per heavy atom. The second-order valence-corrected chi connectivity index (χ2v) is 6.01. The molecule has 0 atom stereocenters. The zero-order valence-corrected chi connectivity index (χ0v) is 12.7. The molecule has 1 aromatic rings. The number of likely N-dealkylation sites (tertiary alicyclic amines) is 1. The molecule has 2 aliphatic heterocycles. The zero-order chi connectivity index (χ0) is 14.5. The van der Waals surface area contributed by atoms with Gasteiger partial charge in [0.25, 0.3) is 0 Å². The highest BCUT2D eigenvalue weighted by Gasteiger charge is 2.23. The van der Waals surface area contributed by atoms with Gasteiger partial charge in [0.2, 0.25) is 5.91 Å². The third kappa shape index (κ3) is 4.04. The van der Waals surface area contributed by atoms with E-state index in [1.54, 1.807) is 0 Å². The first kappa shape index (κ1) is 14.5. The first-order valence-corrected chi connectivity index (χ1v) is 7.99. The number of nitrogens with zero attached hydrogens (tertiary/aromatic N) is 5. The molecule has 0 N–H and O–H groups in total. The van der Waals surface area contributed by atoms with Crippen LogP contribution in [0.3, 0.4) is 0 Å². The maximum atomic E-state index is 12.1. The number of piperazine rings is 1. The molecule has 116 valence electrons. The summed E-state index contributed by atoms with van der Waals surface area (Å²) in [5.41, 5.74) is 0. The van der Waals surface area contributed by atoms with Gasteiger partial charge in [-0.25, -0.2) is 4.98 Å². The van der Waals surface area contributed by atoms with Gasteiger partial charge in [-0.05, 0) is 12.8 Å². The fraction of sp³-hybridized carbons (Fsp3) is 0.733. The van der Waals surface area contributed by atoms with Crippen LogP contribution in [0.15, 0.2) is 18.7 Å². The lowest BCUT2D eigenvalue weighted by Crippen LogP contribution is -2.50. The minimum atomic E-state index is 0.319. The average molecular weight is 291 g/mol. The molecule has 21 heavy (non-hydrogen) atoms. The van der Waals surface area contributed by atoms with Crippen LogP contribution in [0, 0.1) is 0 Å². The standard InChI is InChI=1S/C15H25N5O/c21-15(20-4-1-2-5-20)13-18-10-7-17(8-11-18)9-12-19-6-3-16-14-19/h3,6,14H,1-2,4-5,7-13H2. The van der Waals surface area contributed by atoms with Gasteiger partial charge in [-0.1, -0.05) is 0 Å². The van der Waals surface area contributed by atoms with Gasteiger partial charge in [0.05, 0.1) is 12.9 Å². The van der Waals surface area contributed by atoms with Gasteiger partial charge in [0, 0.05) is 64.8 Å². The van der Waals surface area contributed by atoms with E-state index in [1.807, 2.05) is 23.6 Å². The number of hydrogen-bond donors (Lipinski definition) is 0. The van der Waals surface area contributed by atoms with Crippen LogP contribution in [0.4, 0.5) is 0 Å². The largest absolute Gasteiger partial charge is 0.342 e. The monoisotopic (exact) mass is 291 g/mol. The SMILES string of the molecule is O=C(CN1CCN(CCn2ccnc2)CC1)N1CCCC1. The molecule has 0 aliphatic carbocycles. The van der Waals surface area contributed by atoms with Crippen molar-refractivity contribution in [3.63, 3.8) is 0 Å². The Morgan fingerprint density at radius 3 is 2.33 bits per heavy atom. The van der Waals surface area contributed by atoms with Crippen molar-refractivity contribution in [2.75, 3.05) is 52.4 Å². The highest BCUT2D eigenvalue weighted by atomic mass is 16.2. The molecule has 0 radical (unpaired) electrons. The molecule has 3 heterocycles. The number of aromatic nitrogens is 2. The molecule has 2 aliphatic rings. The number of carbonyl (C=O) groups excluding carboxylic acids is 1. The molecular weight excluding hydrogens is 266 g/mol. The van der Waals surface area contributed by atoms with Crippen LogP contribution in [0.5, 0.6) is 0 Å². The summed E-state index contributed by atoms with van der Waals surface area (Å²) in [7, 11) is 0. The Morgan fingerprint density at radius 2 is 1.67 bits per heavy atom. The molecule has 1 aromatic heterocycles. The van der Waals surface area contributed by atoms with Gasteiger partial charge in [0.15, 0.2) is 0 Å². The molecule has 3 rings (SSSR count). The molecule has 2 fully saturated rings. The van der Waals surface area contributed by atoms with Crippen molar-refractivity contribution >= 4 is 5.91 Å². The summed E-state index contributed by atoms with van der Waals surface area (Å²) in [5, 5.41) is 0. The molecule has 0 saturated carbocycles. The third-order valence-corrected chi connectivity index (χ3v) is 4.52. The highest BCUT2D eigenvalue weighted by Crippen LogP contribution is 2.09. The normalized spacial score (nSPS) is 21.0. The van der Waals surface area contributed by atoms with E-state index < -0.39 is 0 Å². The van der Waals surface area contributed by atoms with E-state index in [1.165, 1.54) is 12.8 Å². The molecule has 6 heteroatoms. The molecule has 2 saturated heterocycles. The predicted molar refractivity (Wildman–Crippen MR) is 80.9 cm³/mol. The van der Waals surface area contributed by atoms with Gasteiger partial charge < -0.3 is 9.47 Å². The minimum absolute atomic E-state index is 0.319. The second kappa shape index (κ2) is 7.04. The predicted octanol–water partition coefficient (Wildman–Crippen LogP) is 0.123. The third-order valence-electron chi connectivity index (χ3n) is 4.52. The van der Waals surface area contributed by atoms with E-state index in [4.69, 9.17) is 0 Å². The van der Waals surface area contributed by atoms with Crippen LogP contribution in [-0.4, -0.2) is 82.5 Å². The average Bonchev–Trinajstić information content (AvgIpc) is 3.20. The van der Waals surface area contributed by atoms with E-state index in [2.05, 4.69) is 19.4 Å². The summed E-state index contributed by atoms with van der Waals surface area (Å²) in [4.78, 5) is 23.0. The topological polar surface area (TPSA) is 44.6 Å². The second-order valence-electron chi connectivity index (χ2n) is 6.01. The van der Waals surface area contributed by atoms with Crippen LogP contribution < -0.4 is 0 Å². The first-order chi connectivity index (χ1) is 10.3. The quantitative estimate of drug-likeness (QED) is 0.773. The number of rotatable bonds is 5. The van der Waals surface area contributed by atoms with Crippen molar-refractivity contribution in [3.8, 4) is 0 Å². The Labute approximate surface area is 126 Å². The van der Waals surface area contributed by atoms with E-state index in [0.717, 1.165) is 52.4 Å². The van der Waals surface area contributed by atoms with Gasteiger partial charge in [-0.3, -0.25) is 14.6 Å². The van der Waals surface area contributed by atoms with Gasteiger partial charge >= 0.3 is 0 Å². The summed E-state index contributed by atoms with van der Waals surface area (Å²) >= 11 is 0. The molecule has 0 aromatic carbocycles. The molecule has 0 bridgehead atoms. The Bertz CT molecular complexity index is 433. The number of carbonyl (C=O) groups is 1. The summed E-state index contributed by atoms with van der Waals surface area (Å²) in [5.74, 6) is 0.319. The van der Waals surface area contributed by atoms with Gasteiger partial charge in [-0.2, -0.15) is 0 Å². The van der Waals surface area contributed by atoms with Crippen LogP contribution >= 0.6 is 0 Å². The van der Waals surface area contributed by atoms with Crippen molar-refractivity contribution in [1.29, 1.82) is 0 Å². The minimum Gasteiger partial charge on any atom is -0.342 e. The van der Waals surface area contributed by atoms with Crippen molar-refractivity contribution in [2.45, 2.75) is 19.4 Å². The Kier molecular flexibility index (Phi) is 4.87. The first-order valence-electron chi connectivity index (χ1n) is 7.99. The molecule has 6 nitrogen and oxygen atoms in total. The van der Waals surface area contributed by atoms with Crippen molar-refractivity contribution < 1.29 is 4.79 Å². The number of hydrogen-bond acceptors (Lipinski definition) is 4. The van der Waals surface area contributed by atoms with Crippen LogP contribution in [0.2, 0.25) is 0 Å². The number of amides is 1. The van der Waals surface area contributed by atoms with E-state index in [-0.39, 0.29) is 0 Å². The van der Waals surface area contributed by atoms with Crippen LogP contribution in [0.1, 0.15) is 12.8 Å². The van der Waals surface area contributed by atoms with Crippen molar-refractivity contribution in [3.05, 3.63) is 18.7 Å². The maximum Gasteiger partial charge on any atom is 0.236 e. The highest BCUT2D eigenvalue weighted by molar-refractivity contribution is 5.78. The van der Waals surface area contributed by atoms with E-state index >= 15 is 0 Å². The Balaban J connectivity index is 1.35. The maximum absolute atomic E-state index is 12.1. The summed E-state index contributed by atoms with van der Waals surface area (Å²) in [6.45, 7) is 8.71. The molecular formula is C15H25N5O. The zero-order valence-electron chi connectivity index (χ0n) is 12.7. The van der Waals surface area contributed by atoms with Gasteiger partial charge in [0.1, 0.15) is 0 Å². The molecule has 0 unspecified atom stereocenters. The van der Waals surface area contributed by atoms with E-state index in [9.17, 15) is 4.79 Å². The summed E-state index contributed by atoms with van der Waals surface area (Å²) in [6, 6.07) is 0. The van der Waals surface area contributed by atoms with Crippen LogP contribution in [0.25, 0.3) is 0 Å². The summed E-state index contributed by atoms with van der Waals surface area (Å²) < 4.78 is 2.11. The van der Waals surface area contributed by atoms with Gasteiger partial charge in [-0.15, -0.1) is 0 Å². The number of imidazole rings is 1. The van der Waals surface area contributed by atoms with Crippen LogP contribution in [-0.2, 0) is 11.3 Å². The lowest BCUT2D eigenvalue weighted by molar-refractivity contribution is -0.131. The smallest absolute Gasteiger partial charge is 0.236 e. The lowest BCUT2D eigenvalue weighted by Gasteiger charge is -2.35. The molecule has 0 spiro atoms.